The van der Waals surface area contributed by atoms with Crippen molar-refractivity contribution in [3.8, 4) is 0 Å². The van der Waals surface area contributed by atoms with Crippen LogP contribution in [0.4, 0.5) is 0 Å². The normalized spacial score (nSPS) is 17.7. The van der Waals surface area contributed by atoms with E-state index in [2.05, 4.69) is 4.90 Å². The molecule has 1 aromatic rings. The summed E-state index contributed by atoms with van der Waals surface area (Å²) in [5, 5.41) is 0.977. The quantitative estimate of drug-likeness (QED) is 0.734. The van der Waals surface area contributed by atoms with Gasteiger partial charge in [-0.1, -0.05) is 29.3 Å². The summed E-state index contributed by atoms with van der Waals surface area (Å²) in [4.78, 5) is 16.9. The van der Waals surface area contributed by atoms with Crippen LogP contribution in [-0.2, 0) is 16.0 Å². The Hall–Kier alpha value is -0.810. The van der Waals surface area contributed by atoms with Crippen molar-refractivity contribution in [2.75, 3.05) is 33.8 Å². The van der Waals surface area contributed by atoms with Crippen LogP contribution in [0.5, 0.6) is 0 Å². The summed E-state index contributed by atoms with van der Waals surface area (Å²) in [5.74, 6) is 0.0569. The highest BCUT2D eigenvalue weighted by Gasteiger charge is 2.28. The van der Waals surface area contributed by atoms with Crippen molar-refractivity contribution in [2.24, 2.45) is 0 Å². The number of benzene rings is 1. The maximum absolute atomic E-state index is 12.7. The number of ether oxygens (including phenoxy) is 1. The van der Waals surface area contributed by atoms with E-state index < -0.39 is 0 Å². The van der Waals surface area contributed by atoms with Crippen molar-refractivity contribution >= 4 is 29.1 Å². The number of methoxy groups -OCH3 is 1. The third kappa shape index (κ3) is 5.09. The summed E-state index contributed by atoms with van der Waals surface area (Å²) in [5.41, 5.74) is 0.867. The third-order valence-electron chi connectivity index (χ3n) is 4.79. The zero-order chi connectivity index (χ0) is 17.7. The van der Waals surface area contributed by atoms with Crippen LogP contribution in [-0.4, -0.2) is 61.6 Å². The molecule has 0 aromatic heterocycles. The number of hydrogen-bond acceptors (Lipinski definition) is 3. The van der Waals surface area contributed by atoms with E-state index in [9.17, 15) is 4.79 Å². The van der Waals surface area contributed by atoms with Gasteiger partial charge in [-0.3, -0.25) is 4.79 Å². The molecule has 1 heterocycles. The van der Waals surface area contributed by atoms with Crippen LogP contribution in [0.2, 0.25) is 10.0 Å². The zero-order valence-corrected chi connectivity index (χ0v) is 16.1. The Kier molecular flexibility index (Phi) is 7.35. The van der Waals surface area contributed by atoms with Gasteiger partial charge in [0.05, 0.1) is 28.6 Å². The van der Waals surface area contributed by atoms with E-state index >= 15 is 0 Å². The van der Waals surface area contributed by atoms with Crippen LogP contribution in [0.15, 0.2) is 18.2 Å². The molecule has 0 aliphatic carbocycles. The predicted octanol–water partition coefficient (Wildman–Crippen LogP) is 3.49. The average molecular weight is 373 g/mol. The van der Waals surface area contributed by atoms with Crippen LogP contribution in [0, 0.1) is 0 Å². The van der Waals surface area contributed by atoms with E-state index in [0.717, 1.165) is 25.2 Å². The number of amides is 1. The van der Waals surface area contributed by atoms with Gasteiger partial charge in [0.1, 0.15) is 0 Å². The number of nitrogens with zero attached hydrogens (tertiary/aromatic N) is 2. The first-order chi connectivity index (χ1) is 11.4. The van der Waals surface area contributed by atoms with E-state index in [-0.39, 0.29) is 18.1 Å². The summed E-state index contributed by atoms with van der Waals surface area (Å²) in [6, 6.07) is 5.36. The largest absolute Gasteiger partial charge is 0.380 e. The maximum Gasteiger partial charge on any atom is 0.227 e. The van der Waals surface area contributed by atoms with Gasteiger partial charge in [0.15, 0.2) is 0 Å². The molecule has 2 rings (SSSR count). The van der Waals surface area contributed by atoms with Gasteiger partial charge in [-0.05, 0) is 50.6 Å². The number of likely N-dealkylation sites (N-methyl/N-ethyl adjacent to an activating group) is 1. The molecule has 0 N–H and O–H groups in total. The Morgan fingerprint density at radius 2 is 1.96 bits per heavy atom. The molecule has 0 unspecified atom stereocenters. The SMILES string of the molecule is CO[C@H](C)[C@@H](CN1CCCC1)N(C)C(=O)Cc1ccc(Cl)c(Cl)c1. The minimum Gasteiger partial charge on any atom is -0.380 e. The van der Waals surface area contributed by atoms with E-state index in [1.54, 1.807) is 19.2 Å². The second-order valence-corrected chi connectivity index (χ2v) is 7.26. The summed E-state index contributed by atoms with van der Waals surface area (Å²) < 4.78 is 5.52. The summed E-state index contributed by atoms with van der Waals surface area (Å²) in [6.07, 6.45) is 2.75. The van der Waals surface area contributed by atoms with Crippen molar-refractivity contribution in [2.45, 2.75) is 38.3 Å². The van der Waals surface area contributed by atoms with Gasteiger partial charge in [-0.2, -0.15) is 0 Å². The summed E-state index contributed by atoms with van der Waals surface area (Å²) in [6.45, 7) is 5.06. The van der Waals surface area contributed by atoms with Crippen LogP contribution in [0.3, 0.4) is 0 Å². The molecule has 0 bridgehead atoms. The molecule has 2 atom stereocenters. The monoisotopic (exact) mass is 372 g/mol. The van der Waals surface area contributed by atoms with Gasteiger partial charge in [0.25, 0.3) is 0 Å². The van der Waals surface area contributed by atoms with E-state index in [0.29, 0.717) is 16.5 Å². The molecule has 6 heteroatoms. The van der Waals surface area contributed by atoms with Gasteiger partial charge >= 0.3 is 0 Å². The fourth-order valence-electron chi connectivity index (χ4n) is 3.11. The van der Waals surface area contributed by atoms with E-state index in [1.807, 2.05) is 24.9 Å². The fourth-order valence-corrected chi connectivity index (χ4v) is 3.43. The smallest absolute Gasteiger partial charge is 0.227 e. The molecule has 0 radical (unpaired) electrons. The number of carbonyl (C=O) groups excluding carboxylic acids is 1. The number of hydrogen-bond donors (Lipinski definition) is 0. The second-order valence-electron chi connectivity index (χ2n) is 6.45. The second kappa shape index (κ2) is 9.04. The molecule has 1 aromatic carbocycles. The van der Waals surface area contributed by atoms with Crippen molar-refractivity contribution < 1.29 is 9.53 Å². The number of rotatable bonds is 7. The summed E-state index contributed by atoms with van der Waals surface area (Å²) in [7, 11) is 3.55. The highest BCUT2D eigenvalue weighted by molar-refractivity contribution is 6.42. The van der Waals surface area contributed by atoms with Crippen LogP contribution >= 0.6 is 23.2 Å². The maximum atomic E-state index is 12.7. The lowest BCUT2D eigenvalue weighted by molar-refractivity contribution is -0.134. The Labute approximate surface area is 154 Å². The van der Waals surface area contributed by atoms with Gasteiger partial charge in [0, 0.05) is 20.7 Å². The first kappa shape index (κ1) is 19.5. The van der Waals surface area contributed by atoms with Gasteiger partial charge in [-0.15, -0.1) is 0 Å². The van der Waals surface area contributed by atoms with E-state index in [4.69, 9.17) is 27.9 Å². The van der Waals surface area contributed by atoms with Crippen molar-refractivity contribution in [3.63, 3.8) is 0 Å². The van der Waals surface area contributed by atoms with Crippen molar-refractivity contribution in [1.29, 1.82) is 0 Å². The molecule has 1 aliphatic heterocycles. The number of halogens is 2. The zero-order valence-electron chi connectivity index (χ0n) is 14.6. The molecule has 134 valence electrons. The molecule has 1 saturated heterocycles. The highest BCUT2D eigenvalue weighted by Crippen LogP contribution is 2.23. The molecule has 1 amide bonds. The van der Waals surface area contributed by atoms with Gasteiger partial charge in [0.2, 0.25) is 5.91 Å². The van der Waals surface area contributed by atoms with Crippen molar-refractivity contribution in [3.05, 3.63) is 33.8 Å². The van der Waals surface area contributed by atoms with Crippen LogP contribution in [0.1, 0.15) is 25.3 Å². The van der Waals surface area contributed by atoms with Gasteiger partial charge in [-0.25, -0.2) is 0 Å². The molecule has 4 nitrogen and oxygen atoms in total. The first-order valence-corrected chi connectivity index (χ1v) is 9.12. The van der Waals surface area contributed by atoms with Gasteiger partial charge < -0.3 is 14.5 Å². The average Bonchev–Trinajstić information content (AvgIpc) is 3.07. The van der Waals surface area contributed by atoms with Crippen LogP contribution < -0.4 is 0 Å². The molecule has 0 saturated carbocycles. The number of likely N-dealkylation sites (tertiary alicyclic amines) is 1. The summed E-state index contributed by atoms with van der Waals surface area (Å²) >= 11 is 12.0. The topological polar surface area (TPSA) is 32.8 Å². The lowest BCUT2D eigenvalue weighted by atomic mass is 10.1. The molecule has 0 spiro atoms. The fraction of sp³-hybridized carbons (Fsp3) is 0.611. The Balaban J connectivity index is 2.04. The Morgan fingerprint density at radius 1 is 1.29 bits per heavy atom. The molecule has 1 fully saturated rings. The van der Waals surface area contributed by atoms with Crippen LogP contribution in [0.25, 0.3) is 0 Å². The predicted molar refractivity (Wildman–Crippen MR) is 98.9 cm³/mol. The van der Waals surface area contributed by atoms with Crippen molar-refractivity contribution in [1.82, 2.24) is 9.80 Å². The molecule has 24 heavy (non-hydrogen) atoms. The Bertz CT molecular complexity index is 562. The lowest BCUT2D eigenvalue weighted by Crippen LogP contribution is -2.50. The lowest BCUT2D eigenvalue weighted by Gasteiger charge is -2.35. The standard InChI is InChI=1S/C18H26Cl2N2O2/c1-13(24-3)17(12-22-8-4-5-9-22)21(2)18(23)11-14-6-7-15(19)16(20)10-14/h6-7,10,13,17H,4-5,8-9,11-12H2,1-3H3/t13-,17-/m1/s1. The Morgan fingerprint density at radius 3 is 2.54 bits per heavy atom. The molecular weight excluding hydrogens is 347 g/mol. The third-order valence-corrected chi connectivity index (χ3v) is 5.53. The minimum atomic E-state index is -0.0200. The highest BCUT2D eigenvalue weighted by atomic mass is 35.5. The molecular formula is C18H26Cl2N2O2. The van der Waals surface area contributed by atoms with E-state index in [1.165, 1.54) is 12.8 Å². The molecule has 1 aliphatic rings. The number of carbonyl (C=O) groups is 1. The minimum absolute atomic E-state index is 0.0200. The first-order valence-electron chi connectivity index (χ1n) is 8.37.